The Morgan fingerprint density at radius 1 is 1.23 bits per heavy atom. The van der Waals surface area contributed by atoms with Gasteiger partial charge in [-0.2, -0.15) is 5.10 Å². The summed E-state index contributed by atoms with van der Waals surface area (Å²) in [5.41, 5.74) is 2.16. The number of halogens is 1. The monoisotopic (exact) mass is 359 g/mol. The number of fused-ring (bicyclic) bond motifs is 1. The normalized spacial score (nSPS) is 12.5. The number of aryl methyl sites for hydroxylation is 1. The highest BCUT2D eigenvalue weighted by Crippen LogP contribution is 2.28. The van der Waals surface area contributed by atoms with E-state index in [9.17, 15) is 0 Å². The van der Waals surface area contributed by atoms with Crippen molar-refractivity contribution in [3.63, 3.8) is 0 Å². The maximum absolute atomic E-state index is 4.38. The molecule has 1 atom stereocenters. The van der Waals surface area contributed by atoms with E-state index in [-0.39, 0.29) is 0 Å². The van der Waals surface area contributed by atoms with E-state index < -0.39 is 0 Å². The number of nitrogens with zero attached hydrogens (tertiary/aromatic N) is 4. The molecule has 0 saturated carbocycles. The highest BCUT2D eigenvalue weighted by molar-refractivity contribution is 9.10. The highest BCUT2D eigenvalue weighted by atomic mass is 79.9. The summed E-state index contributed by atoms with van der Waals surface area (Å²) in [7, 11) is 1.88. The maximum Gasteiger partial charge on any atom is 0.164 e. The summed E-state index contributed by atoms with van der Waals surface area (Å²) in [6.45, 7) is 3.03. The summed E-state index contributed by atoms with van der Waals surface area (Å²) < 4.78 is 2.52. The fourth-order valence-electron chi connectivity index (χ4n) is 2.62. The van der Waals surface area contributed by atoms with Crippen molar-refractivity contribution in [3.8, 4) is 0 Å². The van der Waals surface area contributed by atoms with E-state index in [1.807, 2.05) is 13.1 Å². The molecular weight excluding hydrogens is 342 g/mol. The first-order valence-corrected chi connectivity index (χ1v) is 8.12. The molecule has 6 heteroatoms. The van der Waals surface area contributed by atoms with Gasteiger partial charge >= 0.3 is 0 Å². The van der Waals surface area contributed by atoms with Gasteiger partial charge < -0.3 is 5.32 Å². The van der Waals surface area contributed by atoms with Crippen LogP contribution in [-0.2, 0) is 7.05 Å². The second-order valence-electron chi connectivity index (χ2n) is 5.23. The van der Waals surface area contributed by atoms with Gasteiger partial charge in [0.1, 0.15) is 16.7 Å². The zero-order valence-electron chi connectivity index (χ0n) is 12.6. The summed E-state index contributed by atoms with van der Waals surface area (Å²) in [6, 6.07) is 10.6. The molecule has 0 spiro atoms. The van der Waals surface area contributed by atoms with Crippen LogP contribution in [0.1, 0.15) is 24.8 Å². The van der Waals surface area contributed by atoms with E-state index in [4.69, 9.17) is 0 Å². The molecular formula is C16H18BrN5. The number of nitrogens with one attached hydrogen (secondary N) is 1. The molecule has 0 fully saturated rings. The zero-order valence-corrected chi connectivity index (χ0v) is 14.2. The van der Waals surface area contributed by atoms with Crippen LogP contribution in [0.15, 0.2) is 41.3 Å². The van der Waals surface area contributed by atoms with Crippen molar-refractivity contribution < 1.29 is 0 Å². The van der Waals surface area contributed by atoms with Crippen LogP contribution < -0.4 is 5.32 Å². The van der Waals surface area contributed by atoms with Crippen LogP contribution in [0.25, 0.3) is 11.0 Å². The first-order valence-electron chi connectivity index (χ1n) is 7.32. The van der Waals surface area contributed by atoms with Crippen molar-refractivity contribution in [2.45, 2.75) is 19.3 Å². The van der Waals surface area contributed by atoms with Crippen LogP contribution >= 0.6 is 15.9 Å². The van der Waals surface area contributed by atoms with Crippen LogP contribution in [0.2, 0.25) is 0 Å². The smallest absolute Gasteiger partial charge is 0.164 e. The molecule has 2 aromatic heterocycles. The predicted molar refractivity (Wildman–Crippen MR) is 92.0 cm³/mol. The third kappa shape index (κ3) is 2.83. The Balaban J connectivity index is 1.84. The quantitative estimate of drug-likeness (QED) is 0.753. The molecule has 3 aromatic rings. The predicted octanol–water partition coefficient (Wildman–Crippen LogP) is 3.73. The van der Waals surface area contributed by atoms with Gasteiger partial charge in [-0.15, -0.1) is 0 Å². The number of anilines is 1. The molecule has 1 aromatic carbocycles. The van der Waals surface area contributed by atoms with E-state index in [0.29, 0.717) is 5.92 Å². The molecule has 0 saturated heterocycles. The first kappa shape index (κ1) is 15.0. The van der Waals surface area contributed by atoms with Crippen molar-refractivity contribution in [2.75, 3.05) is 11.9 Å². The van der Waals surface area contributed by atoms with E-state index in [1.54, 1.807) is 11.0 Å². The van der Waals surface area contributed by atoms with Gasteiger partial charge in [-0.1, -0.05) is 37.3 Å². The number of benzene rings is 1. The SMILES string of the molecule is CCC(CNc1ncnc2c1c(Br)nn2C)c1ccccc1. The Kier molecular flexibility index (Phi) is 4.38. The summed E-state index contributed by atoms with van der Waals surface area (Å²) in [6.07, 6.45) is 2.64. The average molecular weight is 360 g/mol. The lowest BCUT2D eigenvalue weighted by atomic mass is 9.96. The third-order valence-electron chi connectivity index (χ3n) is 3.86. The van der Waals surface area contributed by atoms with Crippen molar-refractivity contribution in [1.82, 2.24) is 19.7 Å². The van der Waals surface area contributed by atoms with Gasteiger partial charge in [0.15, 0.2) is 5.65 Å². The maximum atomic E-state index is 4.38. The second-order valence-corrected chi connectivity index (χ2v) is 5.98. The van der Waals surface area contributed by atoms with Gasteiger partial charge in [0.2, 0.25) is 0 Å². The summed E-state index contributed by atoms with van der Waals surface area (Å²) >= 11 is 3.49. The van der Waals surface area contributed by atoms with Crippen molar-refractivity contribution in [3.05, 3.63) is 46.8 Å². The third-order valence-corrected chi connectivity index (χ3v) is 4.41. The lowest BCUT2D eigenvalue weighted by Crippen LogP contribution is -2.13. The second kappa shape index (κ2) is 6.44. The minimum absolute atomic E-state index is 0.446. The number of hydrogen-bond acceptors (Lipinski definition) is 4. The molecule has 0 aliphatic carbocycles. The Bertz CT molecular complexity index is 769. The highest BCUT2D eigenvalue weighted by Gasteiger charge is 2.15. The molecule has 2 heterocycles. The largest absolute Gasteiger partial charge is 0.369 e. The van der Waals surface area contributed by atoms with Crippen LogP contribution in [0, 0.1) is 0 Å². The van der Waals surface area contributed by atoms with Crippen LogP contribution in [0.3, 0.4) is 0 Å². The standard InChI is InChI=1S/C16H18BrN5/c1-3-11(12-7-5-4-6-8-12)9-18-15-13-14(17)21-22(2)16(13)20-10-19-15/h4-8,10-11H,3,9H2,1-2H3,(H,18,19,20). The van der Waals surface area contributed by atoms with Crippen LogP contribution in [-0.4, -0.2) is 26.3 Å². The molecule has 0 radical (unpaired) electrons. The molecule has 22 heavy (non-hydrogen) atoms. The minimum atomic E-state index is 0.446. The van der Waals surface area contributed by atoms with Gasteiger partial charge in [0, 0.05) is 19.5 Å². The van der Waals surface area contributed by atoms with E-state index in [0.717, 1.165) is 34.4 Å². The van der Waals surface area contributed by atoms with Crippen molar-refractivity contribution >= 4 is 32.8 Å². The number of hydrogen-bond donors (Lipinski definition) is 1. The van der Waals surface area contributed by atoms with Crippen molar-refractivity contribution in [2.24, 2.45) is 7.05 Å². The van der Waals surface area contributed by atoms with Crippen LogP contribution in [0.5, 0.6) is 0 Å². The van der Waals surface area contributed by atoms with E-state index >= 15 is 0 Å². The van der Waals surface area contributed by atoms with Gasteiger partial charge in [-0.05, 0) is 27.9 Å². The Hall–Kier alpha value is -1.95. The van der Waals surface area contributed by atoms with E-state index in [2.05, 4.69) is 67.5 Å². The molecule has 0 amide bonds. The van der Waals surface area contributed by atoms with Gasteiger partial charge in [0.05, 0.1) is 5.39 Å². The summed E-state index contributed by atoms with van der Waals surface area (Å²) in [5, 5.41) is 8.73. The fourth-order valence-corrected chi connectivity index (χ4v) is 3.22. The van der Waals surface area contributed by atoms with Gasteiger partial charge in [-0.3, -0.25) is 0 Å². The molecule has 0 aliphatic rings. The van der Waals surface area contributed by atoms with Gasteiger partial charge in [0.25, 0.3) is 0 Å². The lowest BCUT2D eigenvalue weighted by Gasteiger charge is -2.16. The summed E-state index contributed by atoms with van der Waals surface area (Å²) in [4.78, 5) is 8.66. The Morgan fingerprint density at radius 3 is 2.73 bits per heavy atom. The molecule has 114 valence electrons. The van der Waals surface area contributed by atoms with Gasteiger partial charge in [-0.25, -0.2) is 14.6 Å². The first-order chi connectivity index (χ1) is 10.7. The average Bonchev–Trinajstić information content (AvgIpc) is 2.84. The Morgan fingerprint density at radius 2 is 2.00 bits per heavy atom. The zero-order chi connectivity index (χ0) is 15.5. The molecule has 1 unspecified atom stereocenters. The molecule has 3 rings (SSSR count). The molecule has 1 N–H and O–H groups in total. The fraction of sp³-hybridized carbons (Fsp3) is 0.312. The lowest BCUT2D eigenvalue weighted by molar-refractivity contribution is 0.694. The summed E-state index contributed by atoms with van der Waals surface area (Å²) in [5.74, 6) is 1.26. The molecule has 5 nitrogen and oxygen atoms in total. The minimum Gasteiger partial charge on any atom is -0.369 e. The Labute approximate surface area is 137 Å². The van der Waals surface area contributed by atoms with E-state index in [1.165, 1.54) is 5.56 Å². The van der Waals surface area contributed by atoms with Crippen molar-refractivity contribution in [1.29, 1.82) is 0 Å². The molecule has 0 bridgehead atoms. The number of rotatable bonds is 5. The molecule has 0 aliphatic heterocycles. The van der Waals surface area contributed by atoms with Crippen LogP contribution in [0.4, 0.5) is 5.82 Å². The number of aromatic nitrogens is 4. The topological polar surface area (TPSA) is 55.6 Å².